The Morgan fingerprint density at radius 3 is 2.21 bits per heavy atom. The van der Waals surface area contributed by atoms with Crippen LogP contribution >= 0.6 is 0 Å². The molecule has 1 heterocycles. The van der Waals surface area contributed by atoms with Gasteiger partial charge in [0.2, 0.25) is 0 Å². The number of rotatable bonds is 16. The highest BCUT2D eigenvalue weighted by Crippen LogP contribution is 2.26. The van der Waals surface area contributed by atoms with E-state index in [1.54, 1.807) is 6.07 Å². The second-order valence-electron chi connectivity index (χ2n) is 8.46. The van der Waals surface area contributed by atoms with E-state index >= 15 is 0 Å². The fourth-order valence-electron chi connectivity index (χ4n) is 4.03. The van der Waals surface area contributed by atoms with Crippen LogP contribution in [0, 0.1) is 0 Å². The van der Waals surface area contributed by atoms with Crippen LogP contribution in [-0.2, 0) is 17.7 Å². The maximum absolute atomic E-state index is 12.3. The van der Waals surface area contributed by atoms with Crippen molar-refractivity contribution in [1.82, 2.24) is 9.55 Å². The topological polar surface area (TPSA) is 102 Å². The van der Waals surface area contributed by atoms with Crippen molar-refractivity contribution in [3.05, 3.63) is 41.2 Å². The first kappa shape index (κ1) is 26.6. The van der Waals surface area contributed by atoms with Crippen molar-refractivity contribution < 1.29 is 24.5 Å². The number of unbranched alkanes of at least 4 members (excludes halogenated alkanes) is 9. The van der Waals surface area contributed by atoms with E-state index in [1.165, 1.54) is 70.6 Å². The zero-order valence-electron chi connectivity index (χ0n) is 20.0. The first-order valence-corrected chi connectivity index (χ1v) is 12.1. The number of benzene rings is 1. The number of ether oxygens (including phenoxy) is 1. The number of nitrogens with zero attached hydrogens (tertiary/aromatic N) is 2. The summed E-state index contributed by atoms with van der Waals surface area (Å²) in [7, 11) is 1.26. The minimum atomic E-state index is -1.12. The number of hydrogen-bond donors (Lipinski definition) is 2. The molecule has 0 unspecified atom stereocenters. The summed E-state index contributed by atoms with van der Waals surface area (Å²) in [5.41, 5.74) is 1.54. The van der Waals surface area contributed by atoms with Gasteiger partial charge in [0.25, 0.3) is 0 Å². The average molecular weight is 459 g/mol. The summed E-state index contributed by atoms with van der Waals surface area (Å²) in [6.07, 6.45) is 15.4. The quantitative estimate of drug-likeness (QED) is 0.255. The number of aliphatic hydroxyl groups is 1. The van der Waals surface area contributed by atoms with Crippen LogP contribution in [0.1, 0.15) is 97.5 Å². The Labute approximate surface area is 196 Å². The molecule has 0 fully saturated rings. The Morgan fingerprint density at radius 2 is 1.64 bits per heavy atom. The van der Waals surface area contributed by atoms with Crippen molar-refractivity contribution in [1.29, 1.82) is 0 Å². The van der Waals surface area contributed by atoms with Crippen LogP contribution in [0.3, 0.4) is 0 Å². The third-order valence-corrected chi connectivity index (χ3v) is 5.87. The second kappa shape index (κ2) is 14.5. The molecule has 2 rings (SSSR count). The van der Waals surface area contributed by atoms with Crippen molar-refractivity contribution in [3.63, 3.8) is 0 Å². The fourth-order valence-corrected chi connectivity index (χ4v) is 4.03. The van der Waals surface area contributed by atoms with Crippen LogP contribution in [0.25, 0.3) is 11.4 Å². The van der Waals surface area contributed by atoms with Gasteiger partial charge in [-0.3, -0.25) is 0 Å². The number of aliphatic hydroxyl groups excluding tert-OH is 1. The molecule has 0 saturated heterocycles. The number of carbonyl (C=O) groups excluding carboxylic acids is 1. The Morgan fingerprint density at radius 1 is 1.00 bits per heavy atom. The Kier molecular flexibility index (Phi) is 11.7. The first-order chi connectivity index (χ1) is 16.0. The molecule has 2 aromatic rings. The standard InChI is InChI=1S/C26H38N2O5/c1-3-4-5-6-7-8-9-10-11-12-13-21-19-28(16-17-29)24(27-21)22-15-14-20(25(30)31)18-23(22)26(32)33-2/h14-15,18-19,29H,3-13,16-17H2,1-2H3,(H,30,31). The number of methoxy groups -OCH3 is 1. The molecule has 1 aromatic carbocycles. The van der Waals surface area contributed by atoms with Crippen molar-refractivity contribution >= 4 is 11.9 Å². The SMILES string of the molecule is CCCCCCCCCCCCc1cn(CCO)c(-c2ccc(C(=O)O)cc2C(=O)OC)n1. The van der Waals surface area contributed by atoms with Crippen molar-refractivity contribution in [2.75, 3.05) is 13.7 Å². The van der Waals surface area contributed by atoms with Gasteiger partial charge >= 0.3 is 11.9 Å². The van der Waals surface area contributed by atoms with Gasteiger partial charge in [-0.2, -0.15) is 0 Å². The second-order valence-corrected chi connectivity index (χ2v) is 8.46. The van der Waals surface area contributed by atoms with Gasteiger partial charge in [-0.05, 0) is 31.0 Å². The predicted molar refractivity (Wildman–Crippen MR) is 129 cm³/mol. The van der Waals surface area contributed by atoms with Gasteiger partial charge in [-0.1, -0.05) is 64.7 Å². The molecule has 0 radical (unpaired) electrons. The van der Waals surface area contributed by atoms with E-state index in [2.05, 4.69) is 6.92 Å². The van der Waals surface area contributed by atoms with Gasteiger partial charge in [0, 0.05) is 18.3 Å². The van der Waals surface area contributed by atoms with Crippen LogP contribution in [0.5, 0.6) is 0 Å². The van der Waals surface area contributed by atoms with Gasteiger partial charge in [0.1, 0.15) is 5.82 Å². The lowest BCUT2D eigenvalue weighted by Gasteiger charge is -2.10. The summed E-state index contributed by atoms with van der Waals surface area (Å²) in [4.78, 5) is 28.4. The Hall–Kier alpha value is -2.67. The summed E-state index contributed by atoms with van der Waals surface area (Å²) < 4.78 is 6.67. The smallest absolute Gasteiger partial charge is 0.338 e. The minimum absolute atomic E-state index is 0.00463. The van der Waals surface area contributed by atoms with E-state index in [4.69, 9.17) is 9.72 Å². The van der Waals surface area contributed by atoms with Crippen LogP contribution in [0.15, 0.2) is 24.4 Å². The third-order valence-electron chi connectivity index (χ3n) is 5.87. The number of carbonyl (C=O) groups is 2. The van der Waals surface area contributed by atoms with E-state index in [0.29, 0.717) is 17.9 Å². The summed E-state index contributed by atoms with van der Waals surface area (Å²) in [6.45, 7) is 2.51. The molecule has 2 N–H and O–H groups in total. The molecule has 33 heavy (non-hydrogen) atoms. The molecule has 0 aliphatic carbocycles. The van der Waals surface area contributed by atoms with E-state index in [0.717, 1.165) is 25.0 Å². The number of carboxylic acids is 1. The van der Waals surface area contributed by atoms with Gasteiger partial charge in [0.15, 0.2) is 0 Å². The molecule has 0 saturated carbocycles. The van der Waals surface area contributed by atoms with E-state index in [9.17, 15) is 19.8 Å². The third kappa shape index (κ3) is 8.31. The predicted octanol–water partition coefficient (Wildman–Crippen LogP) is 5.49. The molecular formula is C26H38N2O5. The first-order valence-electron chi connectivity index (χ1n) is 12.1. The van der Waals surface area contributed by atoms with Gasteiger partial charge in [-0.15, -0.1) is 0 Å². The number of aromatic carboxylic acids is 1. The number of imidazole rings is 1. The van der Waals surface area contributed by atoms with E-state index < -0.39 is 11.9 Å². The van der Waals surface area contributed by atoms with Gasteiger partial charge < -0.3 is 19.5 Å². The maximum Gasteiger partial charge on any atom is 0.338 e. The molecule has 0 atom stereocenters. The molecule has 7 heteroatoms. The molecule has 0 bridgehead atoms. The van der Waals surface area contributed by atoms with E-state index in [1.807, 2.05) is 10.8 Å². The molecule has 0 amide bonds. The highest BCUT2D eigenvalue weighted by molar-refractivity contribution is 5.99. The van der Waals surface area contributed by atoms with Crippen molar-refractivity contribution in [2.24, 2.45) is 0 Å². The molecule has 0 aliphatic heterocycles. The zero-order valence-corrected chi connectivity index (χ0v) is 20.0. The molecule has 0 aliphatic rings. The number of hydrogen-bond acceptors (Lipinski definition) is 5. The maximum atomic E-state index is 12.3. The Bertz CT molecular complexity index is 891. The normalized spacial score (nSPS) is 11.0. The number of aromatic nitrogens is 2. The lowest BCUT2D eigenvalue weighted by Crippen LogP contribution is -2.10. The fraction of sp³-hybridized carbons (Fsp3) is 0.577. The summed E-state index contributed by atoms with van der Waals surface area (Å²) in [5.74, 6) is -1.21. The van der Waals surface area contributed by atoms with Crippen molar-refractivity contribution in [3.8, 4) is 11.4 Å². The molecule has 7 nitrogen and oxygen atoms in total. The molecule has 182 valence electrons. The lowest BCUT2D eigenvalue weighted by molar-refractivity contribution is 0.0601. The Balaban J connectivity index is 2.02. The largest absolute Gasteiger partial charge is 0.478 e. The monoisotopic (exact) mass is 458 g/mol. The van der Waals surface area contributed by atoms with Gasteiger partial charge in [-0.25, -0.2) is 14.6 Å². The molecule has 1 aromatic heterocycles. The van der Waals surface area contributed by atoms with Gasteiger partial charge in [0.05, 0.1) is 30.5 Å². The van der Waals surface area contributed by atoms with Crippen LogP contribution in [0.2, 0.25) is 0 Å². The highest BCUT2D eigenvalue weighted by atomic mass is 16.5. The van der Waals surface area contributed by atoms with Crippen LogP contribution in [-0.4, -0.2) is 45.4 Å². The average Bonchev–Trinajstić information content (AvgIpc) is 3.22. The van der Waals surface area contributed by atoms with Crippen molar-refractivity contribution in [2.45, 2.75) is 84.1 Å². The van der Waals surface area contributed by atoms with E-state index in [-0.39, 0.29) is 17.7 Å². The molecular weight excluding hydrogens is 420 g/mol. The minimum Gasteiger partial charge on any atom is -0.478 e. The lowest BCUT2D eigenvalue weighted by atomic mass is 10.0. The summed E-state index contributed by atoms with van der Waals surface area (Å²) >= 11 is 0. The molecule has 0 spiro atoms. The zero-order chi connectivity index (χ0) is 24.1. The highest BCUT2D eigenvalue weighted by Gasteiger charge is 2.20. The van der Waals surface area contributed by atoms with Crippen LogP contribution in [0.4, 0.5) is 0 Å². The number of carboxylic acid groups (broad SMARTS) is 1. The number of aryl methyl sites for hydroxylation is 1. The summed E-state index contributed by atoms with van der Waals surface area (Å²) in [6, 6.07) is 4.34. The van der Waals surface area contributed by atoms with Crippen LogP contribution < -0.4 is 0 Å². The summed E-state index contributed by atoms with van der Waals surface area (Å²) in [5, 5.41) is 18.8. The number of esters is 1.